The fraction of sp³-hybridized carbons (Fsp3) is 0.450. The Morgan fingerprint density at radius 2 is 1.93 bits per heavy atom. The predicted octanol–water partition coefficient (Wildman–Crippen LogP) is 4.73. The van der Waals surface area contributed by atoms with Crippen LogP contribution in [-0.2, 0) is 0 Å². The van der Waals surface area contributed by atoms with Crippen molar-refractivity contribution in [1.82, 2.24) is 19.9 Å². The second-order valence-corrected chi connectivity index (χ2v) is 7.46. The van der Waals surface area contributed by atoms with Crippen molar-refractivity contribution < 1.29 is 4.74 Å². The zero-order valence-electron chi connectivity index (χ0n) is 15.6. The molecule has 0 radical (unpaired) electrons. The third-order valence-corrected chi connectivity index (χ3v) is 5.37. The highest BCUT2D eigenvalue weighted by Gasteiger charge is 2.22. The number of fused-ring (bicyclic) bond motifs is 1. The molecule has 0 saturated heterocycles. The first kappa shape index (κ1) is 19.2. The van der Waals surface area contributed by atoms with Gasteiger partial charge in [0, 0.05) is 18.5 Å². The van der Waals surface area contributed by atoms with Crippen molar-refractivity contribution in [2.45, 2.75) is 45.4 Å². The first-order valence-corrected chi connectivity index (χ1v) is 10.1. The molecule has 27 heavy (non-hydrogen) atoms. The smallest absolute Gasteiger partial charge is 0.216 e. The number of hydrogen-bond donors (Lipinski definition) is 0. The van der Waals surface area contributed by atoms with Gasteiger partial charge in [0.25, 0.3) is 0 Å². The molecular weight excluding hydrogens is 358 g/mol. The lowest BCUT2D eigenvalue weighted by molar-refractivity contribution is 0.221. The van der Waals surface area contributed by atoms with Gasteiger partial charge in [-0.3, -0.25) is 0 Å². The van der Waals surface area contributed by atoms with Crippen LogP contribution in [0.5, 0.6) is 5.88 Å². The van der Waals surface area contributed by atoms with Crippen molar-refractivity contribution in [3.63, 3.8) is 0 Å². The Morgan fingerprint density at radius 3 is 2.63 bits per heavy atom. The molecule has 3 aromatic rings. The highest BCUT2D eigenvalue weighted by molar-refractivity contribution is 7.18. The molecule has 3 aromatic heterocycles. The fourth-order valence-corrected chi connectivity index (χ4v) is 3.99. The summed E-state index contributed by atoms with van der Waals surface area (Å²) in [6.07, 6.45) is 7.94. The van der Waals surface area contributed by atoms with Crippen molar-refractivity contribution in [1.29, 1.82) is 5.26 Å². The van der Waals surface area contributed by atoms with Crippen LogP contribution in [-0.4, -0.2) is 26.5 Å². The third-order valence-electron chi connectivity index (χ3n) is 4.33. The summed E-state index contributed by atoms with van der Waals surface area (Å²) in [5, 5.41) is 10.3. The minimum absolute atomic E-state index is 0.414. The summed E-state index contributed by atoms with van der Waals surface area (Å²) in [5.41, 5.74) is 0.784. The Labute approximate surface area is 163 Å². The molecule has 1 unspecified atom stereocenters. The lowest BCUT2D eigenvalue weighted by Gasteiger charge is -2.16. The van der Waals surface area contributed by atoms with E-state index in [1.165, 1.54) is 11.3 Å². The predicted molar refractivity (Wildman–Crippen MR) is 106 cm³/mol. The normalized spacial score (nSPS) is 12.2. The summed E-state index contributed by atoms with van der Waals surface area (Å²) in [6.45, 7) is 5.02. The van der Waals surface area contributed by atoms with Gasteiger partial charge in [-0.15, -0.1) is 0 Å². The molecule has 0 aliphatic carbocycles. The summed E-state index contributed by atoms with van der Waals surface area (Å²) in [4.78, 5) is 18.4. The van der Waals surface area contributed by atoms with Gasteiger partial charge in [-0.25, -0.2) is 15.0 Å². The summed E-state index contributed by atoms with van der Waals surface area (Å²) >= 11 is 1.40. The van der Waals surface area contributed by atoms with Crippen LogP contribution in [0, 0.1) is 17.2 Å². The van der Waals surface area contributed by atoms with Crippen LogP contribution in [0.1, 0.15) is 56.3 Å². The van der Waals surface area contributed by atoms with E-state index in [-0.39, 0.29) is 0 Å². The number of aromatic nitrogens is 4. The largest absolute Gasteiger partial charge is 0.477 e. The number of rotatable bonds is 9. The standard InChI is InChI=1S/C20H23N5OS/c1-3-6-14(7-4-2)13-26-17-9-11-22-18(25-17)15(12-21)19-24-16-8-5-10-23-20(16)27-19/h5,8-11,14-15H,3-4,6-7,13H2,1-2H3. The molecule has 0 fully saturated rings. The zero-order chi connectivity index (χ0) is 19.1. The van der Waals surface area contributed by atoms with Crippen molar-refractivity contribution >= 4 is 21.7 Å². The van der Waals surface area contributed by atoms with E-state index in [1.807, 2.05) is 12.1 Å². The molecule has 7 heteroatoms. The average molecular weight is 382 g/mol. The molecule has 0 saturated carbocycles. The maximum atomic E-state index is 9.68. The molecule has 0 aromatic carbocycles. The number of pyridine rings is 1. The summed E-state index contributed by atoms with van der Waals surface area (Å²) in [5.74, 6) is 0.823. The van der Waals surface area contributed by atoms with Gasteiger partial charge in [0.2, 0.25) is 5.88 Å². The first-order chi connectivity index (χ1) is 13.2. The van der Waals surface area contributed by atoms with E-state index >= 15 is 0 Å². The monoisotopic (exact) mass is 381 g/mol. The van der Waals surface area contributed by atoms with E-state index in [1.54, 1.807) is 18.5 Å². The van der Waals surface area contributed by atoms with Crippen LogP contribution in [0.4, 0.5) is 0 Å². The summed E-state index contributed by atoms with van der Waals surface area (Å²) in [7, 11) is 0. The minimum Gasteiger partial charge on any atom is -0.477 e. The second-order valence-electron chi connectivity index (χ2n) is 6.45. The quantitative estimate of drug-likeness (QED) is 0.532. The molecule has 0 amide bonds. The third kappa shape index (κ3) is 4.77. The molecule has 0 spiro atoms. The molecule has 0 aliphatic rings. The zero-order valence-corrected chi connectivity index (χ0v) is 16.4. The maximum absolute atomic E-state index is 9.68. The summed E-state index contributed by atoms with van der Waals surface area (Å²) < 4.78 is 5.91. The Bertz CT molecular complexity index is 881. The Kier molecular flexibility index (Phi) is 6.66. The molecule has 0 aliphatic heterocycles. The lowest BCUT2D eigenvalue weighted by atomic mass is 9.99. The number of nitrogens with zero attached hydrogens (tertiary/aromatic N) is 5. The fourth-order valence-electron chi connectivity index (χ4n) is 3.04. The molecule has 0 N–H and O–H groups in total. The average Bonchev–Trinajstić information content (AvgIpc) is 3.11. The van der Waals surface area contributed by atoms with Crippen LogP contribution in [0.3, 0.4) is 0 Å². The van der Waals surface area contributed by atoms with E-state index in [0.717, 1.165) is 36.0 Å². The van der Waals surface area contributed by atoms with E-state index in [4.69, 9.17) is 4.74 Å². The van der Waals surface area contributed by atoms with Crippen molar-refractivity contribution in [3.05, 3.63) is 41.4 Å². The lowest BCUT2D eigenvalue weighted by Crippen LogP contribution is -2.13. The molecule has 1 atom stereocenters. The van der Waals surface area contributed by atoms with Crippen LogP contribution >= 0.6 is 11.3 Å². The first-order valence-electron chi connectivity index (χ1n) is 9.32. The highest BCUT2D eigenvalue weighted by Crippen LogP contribution is 2.29. The van der Waals surface area contributed by atoms with Gasteiger partial charge in [-0.05, 0) is 30.9 Å². The summed E-state index contributed by atoms with van der Waals surface area (Å²) in [6, 6.07) is 7.73. The van der Waals surface area contributed by atoms with Crippen LogP contribution in [0.2, 0.25) is 0 Å². The Balaban J connectivity index is 1.77. The van der Waals surface area contributed by atoms with E-state index < -0.39 is 5.92 Å². The van der Waals surface area contributed by atoms with Gasteiger partial charge in [-0.1, -0.05) is 38.0 Å². The SMILES string of the molecule is CCCC(CCC)COc1ccnc(C(C#N)c2nc3cccnc3s2)n1. The van der Waals surface area contributed by atoms with Gasteiger partial charge in [0.1, 0.15) is 15.4 Å². The van der Waals surface area contributed by atoms with E-state index in [0.29, 0.717) is 29.2 Å². The maximum Gasteiger partial charge on any atom is 0.216 e. The van der Waals surface area contributed by atoms with Crippen molar-refractivity contribution in [2.75, 3.05) is 6.61 Å². The van der Waals surface area contributed by atoms with E-state index in [2.05, 4.69) is 39.9 Å². The molecule has 0 bridgehead atoms. The molecule has 3 heterocycles. The Morgan fingerprint density at radius 1 is 1.11 bits per heavy atom. The van der Waals surface area contributed by atoms with Gasteiger partial charge < -0.3 is 4.74 Å². The number of ether oxygens (including phenoxy) is 1. The number of nitriles is 1. The van der Waals surface area contributed by atoms with E-state index in [9.17, 15) is 5.26 Å². The van der Waals surface area contributed by atoms with Crippen molar-refractivity contribution in [2.24, 2.45) is 5.92 Å². The number of hydrogen-bond acceptors (Lipinski definition) is 7. The van der Waals surface area contributed by atoms with Gasteiger partial charge in [0.05, 0.1) is 12.7 Å². The molecule has 3 rings (SSSR count). The highest BCUT2D eigenvalue weighted by atomic mass is 32.1. The second kappa shape index (κ2) is 9.38. The van der Waals surface area contributed by atoms with Gasteiger partial charge in [0.15, 0.2) is 11.7 Å². The molecular formula is C20H23N5OS. The van der Waals surface area contributed by atoms with Crippen LogP contribution < -0.4 is 4.74 Å². The van der Waals surface area contributed by atoms with Gasteiger partial charge >= 0.3 is 0 Å². The van der Waals surface area contributed by atoms with Crippen LogP contribution in [0.25, 0.3) is 10.3 Å². The number of thiazole rings is 1. The molecule has 6 nitrogen and oxygen atoms in total. The molecule has 140 valence electrons. The van der Waals surface area contributed by atoms with Crippen LogP contribution in [0.15, 0.2) is 30.6 Å². The topological polar surface area (TPSA) is 84.6 Å². The minimum atomic E-state index is -0.630. The van der Waals surface area contributed by atoms with Crippen molar-refractivity contribution in [3.8, 4) is 11.9 Å². The Hall–Kier alpha value is -2.59. The van der Waals surface area contributed by atoms with Gasteiger partial charge in [-0.2, -0.15) is 10.2 Å².